The van der Waals surface area contributed by atoms with Crippen LogP contribution >= 0.6 is 11.3 Å². The first kappa shape index (κ1) is 24.4. The maximum absolute atomic E-state index is 11.5. The number of piperidine rings is 1. The van der Waals surface area contributed by atoms with E-state index in [0.717, 1.165) is 77.8 Å². The molecule has 3 aliphatic rings. The average Bonchev–Trinajstić information content (AvgIpc) is 3.59. The monoisotopic (exact) mass is 521 g/mol. The molecule has 5 heterocycles. The molecule has 3 fully saturated rings. The number of methoxy groups -OCH3 is 2. The summed E-state index contributed by atoms with van der Waals surface area (Å²) in [6.07, 6.45) is 5.98. The highest BCUT2D eigenvalue weighted by Crippen LogP contribution is 2.48. The molecule has 0 radical (unpaired) electrons. The van der Waals surface area contributed by atoms with Crippen molar-refractivity contribution >= 4 is 39.2 Å². The molecule has 8 nitrogen and oxygen atoms in total. The van der Waals surface area contributed by atoms with E-state index in [4.69, 9.17) is 25.2 Å². The number of benzene rings is 1. The summed E-state index contributed by atoms with van der Waals surface area (Å²) in [4.78, 5) is 27.7. The number of amides is 1. The summed E-state index contributed by atoms with van der Waals surface area (Å²) < 4.78 is 11.3. The second kappa shape index (κ2) is 10.1. The van der Waals surface area contributed by atoms with Gasteiger partial charge in [-0.2, -0.15) is 4.98 Å². The van der Waals surface area contributed by atoms with Crippen LogP contribution in [0.15, 0.2) is 29.6 Å². The minimum Gasteiger partial charge on any atom is -0.496 e. The predicted molar refractivity (Wildman–Crippen MR) is 147 cm³/mol. The molecule has 3 aromatic rings. The van der Waals surface area contributed by atoms with Crippen molar-refractivity contribution in [3.8, 4) is 16.9 Å². The highest BCUT2D eigenvalue weighted by Gasteiger charge is 2.43. The van der Waals surface area contributed by atoms with Gasteiger partial charge in [0.15, 0.2) is 0 Å². The van der Waals surface area contributed by atoms with Gasteiger partial charge in [-0.25, -0.2) is 4.98 Å². The summed E-state index contributed by atoms with van der Waals surface area (Å²) in [6.45, 7) is 2.43. The lowest BCUT2D eigenvalue weighted by atomic mass is 9.91. The lowest BCUT2D eigenvalue weighted by molar-refractivity contribution is -0.118. The quantitative estimate of drug-likeness (QED) is 0.468. The first-order valence-corrected chi connectivity index (χ1v) is 14.2. The molecule has 3 unspecified atom stereocenters. The Morgan fingerprint density at radius 1 is 1.08 bits per heavy atom. The summed E-state index contributed by atoms with van der Waals surface area (Å²) in [5.41, 5.74) is 7.69. The zero-order valence-electron chi connectivity index (χ0n) is 21.6. The number of carbonyl (C=O) groups is 1. The van der Waals surface area contributed by atoms with Crippen LogP contribution in [0.4, 0.5) is 11.8 Å². The first-order chi connectivity index (χ1) is 18.1. The molecule has 3 atom stereocenters. The Bertz CT molecular complexity index is 1280. The van der Waals surface area contributed by atoms with E-state index in [-0.39, 0.29) is 11.8 Å². The third kappa shape index (κ3) is 4.52. The Kier molecular flexibility index (Phi) is 6.67. The van der Waals surface area contributed by atoms with Crippen LogP contribution in [-0.2, 0) is 9.53 Å². The Morgan fingerprint density at radius 3 is 2.59 bits per heavy atom. The van der Waals surface area contributed by atoms with Crippen LogP contribution in [0, 0.1) is 11.8 Å². The third-order valence-corrected chi connectivity index (χ3v) is 9.21. The number of fused-ring (bicyclic) bond motifs is 3. The van der Waals surface area contributed by atoms with Crippen molar-refractivity contribution < 1.29 is 14.3 Å². The number of anilines is 2. The van der Waals surface area contributed by atoms with Crippen molar-refractivity contribution in [3.05, 3.63) is 29.6 Å². The number of carbonyl (C=O) groups excluding carboxylic acids is 1. The number of ether oxygens (including phenoxy) is 2. The maximum Gasteiger partial charge on any atom is 0.228 e. The van der Waals surface area contributed by atoms with E-state index < -0.39 is 0 Å². The molecular formula is C28H35N5O3S. The number of primary amides is 1. The maximum atomic E-state index is 11.5. The molecule has 1 amide bonds. The van der Waals surface area contributed by atoms with Gasteiger partial charge in [0, 0.05) is 61.8 Å². The van der Waals surface area contributed by atoms with Gasteiger partial charge in [0.05, 0.1) is 12.5 Å². The summed E-state index contributed by atoms with van der Waals surface area (Å²) in [5, 5.41) is 3.32. The predicted octanol–water partition coefficient (Wildman–Crippen LogP) is 4.46. The molecule has 3 saturated heterocycles. The van der Waals surface area contributed by atoms with Crippen LogP contribution < -0.4 is 20.3 Å². The molecule has 2 aromatic heterocycles. The second-order valence-electron chi connectivity index (χ2n) is 10.7. The minimum atomic E-state index is -0.237. The van der Waals surface area contributed by atoms with Gasteiger partial charge in [-0.3, -0.25) is 4.79 Å². The van der Waals surface area contributed by atoms with Gasteiger partial charge in [-0.1, -0.05) is 18.2 Å². The largest absolute Gasteiger partial charge is 0.496 e. The smallest absolute Gasteiger partial charge is 0.228 e. The van der Waals surface area contributed by atoms with E-state index in [1.165, 1.54) is 12.8 Å². The standard InChI is InChI=1S/C28H35N5O3S/c1-35-15-18-11-19-7-8-20(12-18)33(19)26-25-22(21-5-3-4-6-23(21)36-2)16-37-27(25)31-28(30-26)32-10-9-17(14-32)13-24(29)34/h3-6,16-20H,7-15H2,1-2H3,(H2,29,34). The van der Waals surface area contributed by atoms with Crippen molar-refractivity contribution in [3.63, 3.8) is 0 Å². The molecule has 196 valence electrons. The molecule has 9 heteroatoms. The molecule has 37 heavy (non-hydrogen) atoms. The van der Waals surface area contributed by atoms with Crippen LogP contribution in [0.1, 0.15) is 38.5 Å². The molecule has 2 N–H and O–H groups in total. The number of hydrogen-bond donors (Lipinski definition) is 1. The van der Waals surface area contributed by atoms with E-state index in [1.54, 1.807) is 25.6 Å². The van der Waals surface area contributed by atoms with E-state index in [9.17, 15) is 4.79 Å². The zero-order valence-corrected chi connectivity index (χ0v) is 22.4. The lowest BCUT2D eigenvalue weighted by Gasteiger charge is -2.40. The fourth-order valence-corrected chi connectivity index (χ4v) is 7.71. The molecule has 2 bridgehead atoms. The molecule has 1 aromatic carbocycles. The fourth-order valence-electron chi connectivity index (χ4n) is 6.78. The third-order valence-electron chi connectivity index (χ3n) is 8.34. The number of aromatic nitrogens is 2. The number of rotatable bonds is 8. The topological polar surface area (TPSA) is 93.8 Å². The number of para-hydroxylation sites is 1. The SMILES string of the molecule is COCC1CC2CCC(C1)N2c1nc(N2CCC(CC(N)=O)C2)nc2scc(-c3ccccc3OC)c12. The van der Waals surface area contributed by atoms with Crippen molar-refractivity contribution in [2.24, 2.45) is 17.6 Å². The van der Waals surface area contributed by atoms with Gasteiger partial charge in [0.2, 0.25) is 11.9 Å². The van der Waals surface area contributed by atoms with Crippen molar-refractivity contribution in [1.29, 1.82) is 0 Å². The molecule has 0 aliphatic carbocycles. The van der Waals surface area contributed by atoms with Crippen LogP contribution in [-0.4, -0.2) is 61.9 Å². The summed E-state index contributed by atoms with van der Waals surface area (Å²) >= 11 is 1.67. The second-order valence-corrected chi connectivity index (χ2v) is 11.6. The highest BCUT2D eigenvalue weighted by atomic mass is 32.1. The number of thiophene rings is 1. The lowest BCUT2D eigenvalue weighted by Crippen LogP contribution is -2.44. The molecular weight excluding hydrogens is 486 g/mol. The van der Waals surface area contributed by atoms with Crippen LogP contribution in [0.5, 0.6) is 5.75 Å². The number of nitrogens with two attached hydrogens (primary N) is 1. The van der Waals surface area contributed by atoms with E-state index in [1.807, 2.05) is 12.1 Å². The normalized spacial score (nSPS) is 25.2. The van der Waals surface area contributed by atoms with E-state index in [2.05, 4.69) is 27.3 Å². The average molecular weight is 522 g/mol. The minimum absolute atomic E-state index is 0.237. The van der Waals surface area contributed by atoms with E-state index >= 15 is 0 Å². The Labute approximate surface area is 221 Å². The number of nitrogens with zero attached hydrogens (tertiary/aromatic N) is 4. The Hall–Kier alpha value is -2.91. The van der Waals surface area contributed by atoms with Gasteiger partial charge in [0.25, 0.3) is 0 Å². The van der Waals surface area contributed by atoms with Gasteiger partial charge in [0.1, 0.15) is 16.4 Å². The summed E-state index contributed by atoms with van der Waals surface area (Å²) in [7, 11) is 3.53. The van der Waals surface area contributed by atoms with Gasteiger partial charge in [-0.15, -0.1) is 11.3 Å². The zero-order chi connectivity index (χ0) is 25.5. The highest BCUT2D eigenvalue weighted by molar-refractivity contribution is 7.17. The molecule has 3 aliphatic heterocycles. The van der Waals surface area contributed by atoms with Crippen LogP contribution in [0.2, 0.25) is 0 Å². The van der Waals surface area contributed by atoms with Crippen molar-refractivity contribution in [2.45, 2.75) is 50.6 Å². The van der Waals surface area contributed by atoms with Gasteiger partial charge >= 0.3 is 0 Å². The Balaban J connectivity index is 1.45. The molecule has 0 spiro atoms. The van der Waals surface area contributed by atoms with Crippen molar-refractivity contribution in [1.82, 2.24) is 9.97 Å². The van der Waals surface area contributed by atoms with Gasteiger partial charge in [-0.05, 0) is 50.0 Å². The van der Waals surface area contributed by atoms with Crippen molar-refractivity contribution in [2.75, 3.05) is 43.7 Å². The first-order valence-electron chi connectivity index (χ1n) is 13.3. The summed E-state index contributed by atoms with van der Waals surface area (Å²) in [6, 6.07) is 9.10. The van der Waals surface area contributed by atoms with E-state index in [0.29, 0.717) is 24.4 Å². The number of hydrogen-bond acceptors (Lipinski definition) is 8. The van der Waals surface area contributed by atoms with Crippen LogP contribution in [0.25, 0.3) is 21.3 Å². The Morgan fingerprint density at radius 2 is 1.86 bits per heavy atom. The molecule has 0 saturated carbocycles. The fraction of sp³-hybridized carbons (Fsp3) is 0.536. The molecule has 6 rings (SSSR count). The summed E-state index contributed by atoms with van der Waals surface area (Å²) in [5.74, 6) is 3.28. The van der Waals surface area contributed by atoms with Gasteiger partial charge < -0.3 is 25.0 Å². The van der Waals surface area contributed by atoms with Crippen LogP contribution in [0.3, 0.4) is 0 Å².